The summed E-state index contributed by atoms with van der Waals surface area (Å²) in [5, 5.41) is 0.213. The van der Waals surface area contributed by atoms with Crippen LogP contribution in [0.25, 0.3) is 0 Å². The number of rotatable bonds is 4. The molecule has 0 radical (unpaired) electrons. The maximum atomic E-state index is 14.0. The summed E-state index contributed by atoms with van der Waals surface area (Å²) in [4.78, 5) is 16.2. The molecule has 1 aromatic heterocycles. The Balaban J connectivity index is 1.93. The van der Waals surface area contributed by atoms with Gasteiger partial charge in [0.2, 0.25) is 0 Å². The van der Waals surface area contributed by atoms with Crippen molar-refractivity contribution in [2.45, 2.75) is 30.6 Å². The first-order valence-electron chi connectivity index (χ1n) is 7.30. The molecule has 3 rings (SSSR count). The minimum Gasteiger partial charge on any atom is -0.465 e. The summed E-state index contributed by atoms with van der Waals surface area (Å²) in [5.74, 6) is -1.69. The molecule has 0 spiro atoms. The van der Waals surface area contributed by atoms with Gasteiger partial charge in [-0.25, -0.2) is 22.6 Å². The van der Waals surface area contributed by atoms with Gasteiger partial charge in [0.1, 0.15) is 10.7 Å². The third-order valence-electron chi connectivity index (χ3n) is 3.71. The average Bonchev–Trinajstić information content (AvgIpc) is 2.95. The van der Waals surface area contributed by atoms with Gasteiger partial charge in [-0.15, -0.1) is 11.3 Å². The number of halogens is 1. The van der Waals surface area contributed by atoms with Crippen LogP contribution in [0.15, 0.2) is 23.1 Å². The molecule has 0 amide bonds. The molecule has 1 heterocycles. The molecule has 0 saturated heterocycles. The first-order chi connectivity index (χ1) is 11.4. The Kier molecular flexibility index (Phi) is 4.55. The lowest BCUT2D eigenvalue weighted by Crippen LogP contribution is -2.15. The zero-order valence-electron chi connectivity index (χ0n) is 12.8. The predicted octanol–water partition coefficient (Wildman–Crippen LogP) is 2.75. The topological polar surface area (TPSA) is 85.4 Å². The van der Waals surface area contributed by atoms with Crippen molar-refractivity contribution in [2.75, 3.05) is 11.8 Å². The van der Waals surface area contributed by atoms with Crippen LogP contribution in [0.2, 0.25) is 0 Å². The third-order valence-corrected chi connectivity index (χ3v) is 6.27. The molecule has 0 aliphatic heterocycles. The fourth-order valence-corrected chi connectivity index (χ4v) is 4.91. The van der Waals surface area contributed by atoms with Crippen molar-refractivity contribution in [3.05, 3.63) is 40.2 Å². The van der Waals surface area contributed by atoms with E-state index < -0.39 is 26.7 Å². The van der Waals surface area contributed by atoms with E-state index in [1.807, 2.05) is 0 Å². The second-order valence-electron chi connectivity index (χ2n) is 5.34. The lowest BCUT2D eigenvalue weighted by Gasteiger charge is -2.08. The normalized spacial score (nSPS) is 14.1. The highest BCUT2D eigenvalue weighted by Gasteiger charge is 2.24. The van der Waals surface area contributed by atoms with Crippen LogP contribution < -0.4 is 4.72 Å². The summed E-state index contributed by atoms with van der Waals surface area (Å²) in [7, 11) is -3.03. The number of nitrogens with zero attached hydrogens (tertiary/aromatic N) is 1. The Labute approximate surface area is 142 Å². The highest BCUT2D eigenvalue weighted by Crippen LogP contribution is 2.31. The number of nitrogens with one attached hydrogen (secondary N) is 1. The highest BCUT2D eigenvalue weighted by atomic mass is 32.2. The van der Waals surface area contributed by atoms with Crippen molar-refractivity contribution in [2.24, 2.45) is 0 Å². The summed E-state index contributed by atoms with van der Waals surface area (Å²) in [6.45, 7) is 0. The lowest BCUT2D eigenvalue weighted by molar-refractivity contribution is 0.0600. The SMILES string of the molecule is COC(=O)c1ccc(F)c(S(=O)(=O)Nc2nc3c(s2)CCCC3)c1. The fourth-order valence-electron chi connectivity index (χ4n) is 2.52. The zero-order valence-corrected chi connectivity index (χ0v) is 14.5. The molecule has 2 aromatic rings. The van der Waals surface area contributed by atoms with E-state index in [0.29, 0.717) is 0 Å². The Hall–Kier alpha value is -2.00. The maximum absolute atomic E-state index is 14.0. The van der Waals surface area contributed by atoms with E-state index in [4.69, 9.17) is 0 Å². The van der Waals surface area contributed by atoms with Gasteiger partial charge in [0.15, 0.2) is 5.13 Å². The maximum Gasteiger partial charge on any atom is 0.337 e. The van der Waals surface area contributed by atoms with Crippen LogP contribution in [0.4, 0.5) is 9.52 Å². The number of hydrogen-bond donors (Lipinski definition) is 1. The highest BCUT2D eigenvalue weighted by molar-refractivity contribution is 7.93. The second-order valence-corrected chi connectivity index (χ2v) is 8.07. The van der Waals surface area contributed by atoms with Crippen LogP contribution in [-0.4, -0.2) is 26.5 Å². The largest absolute Gasteiger partial charge is 0.465 e. The fraction of sp³-hybridized carbons (Fsp3) is 0.333. The molecule has 0 unspecified atom stereocenters. The van der Waals surface area contributed by atoms with Gasteiger partial charge in [-0.3, -0.25) is 4.72 Å². The second kappa shape index (κ2) is 6.48. The molecular formula is C15H15FN2O4S2. The summed E-state index contributed by atoms with van der Waals surface area (Å²) in [6, 6.07) is 3.05. The van der Waals surface area contributed by atoms with E-state index in [2.05, 4.69) is 14.4 Å². The number of aromatic nitrogens is 1. The zero-order chi connectivity index (χ0) is 17.3. The van der Waals surface area contributed by atoms with Gasteiger partial charge in [0, 0.05) is 4.88 Å². The molecular weight excluding hydrogens is 355 g/mol. The number of thiazole rings is 1. The number of methoxy groups -OCH3 is 1. The Bertz CT molecular complexity index is 869. The summed E-state index contributed by atoms with van der Waals surface area (Å²) >= 11 is 1.26. The molecule has 6 nitrogen and oxygen atoms in total. The molecule has 0 saturated carbocycles. The molecule has 1 aromatic carbocycles. The van der Waals surface area contributed by atoms with Crippen LogP contribution in [0.5, 0.6) is 0 Å². The van der Waals surface area contributed by atoms with Crippen LogP contribution in [0.3, 0.4) is 0 Å². The van der Waals surface area contributed by atoms with E-state index in [-0.39, 0.29) is 10.7 Å². The van der Waals surface area contributed by atoms with Gasteiger partial charge in [-0.1, -0.05) is 0 Å². The minimum absolute atomic E-state index is 0.0438. The van der Waals surface area contributed by atoms with E-state index in [0.717, 1.165) is 55.5 Å². The van der Waals surface area contributed by atoms with Crippen LogP contribution >= 0.6 is 11.3 Å². The van der Waals surface area contributed by atoms with Gasteiger partial charge in [0.05, 0.1) is 18.4 Å². The average molecular weight is 370 g/mol. The first kappa shape index (κ1) is 16.8. The van der Waals surface area contributed by atoms with Gasteiger partial charge in [0.25, 0.3) is 10.0 Å². The van der Waals surface area contributed by atoms with Gasteiger partial charge < -0.3 is 4.74 Å². The first-order valence-corrected chi connectivity index (χ1v) is 9.60. The van der Waals surface area contributed by atoms with Crippen molar-refractivity contribution < 1.29 is 22.3 Å². The number of ether oxygens (including phenoxy) is 1. The minimum atomic E-state index is -4.19. The van der Waals surface area contributed by atoms with Crippen LogP contribution in [0, 0.1) is 5.82 Å². The number of fused-ring (bicyclic) bond motifs is 1. The number of aryl methyl sites for hydroxylation is 2. The lowest BCUT2D eigenvalue weighted by atomic mass is 10.0. The number of carbonyl (C=O) groups excluding carboxylic acids is 1. The Morgan fingerprint density at radius 3 is 2.79 bits per heavy atom. The molecule has 0 bridgehead atoms. The number of sulfonamides is 1. The van der Waals surface area contributed by atoms with Crippen LogP contribution in [-0.2, 0) is 27.6 Å². The summed E-state index contributed by atoms with van der Waals surface area (Å²) < 4.78 is 45.7. The van der Waals surface area contributed by atoms with Crippen molar-refractivity contribution in [1.82, 2.24) is 4.98 Å². The number of benzene rings is 1. The molecule has 1 N–H and O–H groups in total. The molecule has 1 aliphatic carbocycles. The third kappa shape index (κ3) is 3.27. The van der Waals surface area contributed by atoms with Gasteiger partial charge >= 0.3 is 5.97 Å². The van der Waals surface area contributed by atoms with Crippen LogP contribution in [0.1, 0.15) is 33.8 Å². The molecule has 128 valence electrons. The molecule has 0 atom stereocenters. The quantitative estimate of drug-likeness (QED) is 0.837. The molecule has 24 heavy (non-hydrogen) atoms. The van der Waals surface area contributed by atoms with Gasteiger partial charge in [-0.2, -0.15) is 0 Å². The standard InChI is InChI=1S/C15H15FN2O4S2/c1-22-14(19)9-6-7-10(16)13(8-9)24(20,21)18-15-17-11-4-2-3-5-12(11)23-15/h6-8H,2-5H2,1H3,(H,17,18). The molecule has 1 aliphatic rings. The Morgan fingerprint density at radius 1 is 1.33 bits per heavy atom. The van der Waals surface area contributed by atoms with E-state index in [1.165, 1.54) is 17.4 Å². The number of anilines is 1. The van der Waals surface area contributed by atoms with Gasteiger partial charge in [-0.05, 0) is 43.9 Å². The van der Waals surface area contributed by atoms with E-state index >= 15 is 0 Å². The monoisotopic (exact) mass is 370 g/mol. The Morgan fingerprint density at radius 2 is 2.08 bits per heavy atom. The summed E-state index contributed by atoms with van der Waals surface area (Å²) in [5.41, 5.74) is 0.852. The van der Waals surface area contributed by atoms with Crippen molar-refractivity contribution in [3.8, 4) is 0 Å². The molecule has 9 heteroatoms. The number of esters is 1. The van der Waals surface area contributed by atoms with E-state index in [9.17, 15) is 17.6 Å². The predicted molar refractivity (Wildman–Crippen MR) is 87.3 cm³/mol. The number of hydrogen-bond acceptors (Lipinski definition) is 6. The smallest absolute Gasteiger partial charge is 0.337 e. The van der Waals surface area contributed by atoms with Crippen molar-refractivity contribution in [1.29, 1.82) is 0 Å². The number of carbonyl (C=O) groups is 1. The van der Waals surface area contributed by atoms with Crippen molar-refractivity contribution in [3.63, 3.8) is 0 Å². The summed E-state index contributed by atoms with van der Waals surface area (Å²) in [6.07, 6.45) is 3.77. The molecule has 0 fully saturated rings. The van der Waals surface area contributed by atoms with Crippen molar-refractivity contribution >= 4 is 32.5 Å². The van der Waals surface area contributed by atoms with E-state index in [1.54, 1.807) is 0 Å².